The van der Waals surface area contributed by atoms with Gasteiger partial charge in [0.1, 0.15) is 12.7 Å². The van der Waals surface area contributed by atoms with Gasteiger partial charge in [0.25, 0.3) is 0 Å². The summed E-state index contributed by atoms with van der Waals surface area (Å²) in [4.78, 5) is 32.3. The van der Waals surface area contributed by atoms with Crippen molar-refractivity contribution < 1.29 is 23.9 Å². The predicted octanol–water partition coefficient (Wildman–Crippen LogP) is 0.00580. The van der Waals surface area contributed by atoms with Crippen LogP contribution in [0.5, 0.6) is 0 Å². The van der Waals surface area contributed by atoms with Crippen LogP contribution >= 0.6 is 0 Å². The second kappa shape index (κ2) is 6.81. The highest BCUT2D eigenvalue weighted by molar-refractivity contribution is 5.73. The molecular formula is C10H17NO5. The average molecular weight is 231 g/mol. The van der Waals surface area contributed by atoms with Crippen molar-refractivity contribution in [1.82, 2.24) is 5.32 Å². The summed E-state index contributed by atoms with van der Waals surface area (Å²) >= 11 is 0. The van der Waals surface area contributed by atoms with Gasteiger partial charge in [0, 0.05) is 20.8 Å². The number of hydrogen-bond donors (Lipinski definition) is 1. The van der Waals surface area contributed by atoms with Gasteiger partial charge < -0.3 is 14.8 Å². The summed E-state index contributed by atoms with van der Waals surface area (Å²) in [5, 5.41) is 2.55. The van der Waals surface area contributed by atoms with Crippen LogP contribution in [0.4, 0.5) is 0 Å². The fraction of sp³-hybridized carbons (Fsp3) is 0.700. The molecule has 0 unspecified atom stereocenters. The molecule has 0 spiro atoms. The van der Waals surface area contributed by atoms with Crippen LogP contribution in [-0.4, -0.2) is 36.6 Å². The predicted molar refractivity (Wildman–Crippen MR) is 55.5 cm³/mol. The largest absolute Gasteiger partial charge is 0.464 e. The molecule has 0 aromatic rings. The molecule has 0 fully saturated rings. The molecule has 16 heavy (non-hydrogen) atoms. The van der Waals surface area contributed by atoms with E-state index in [0.717, 1.165) is 0 Å². The Morgan fingerprint density at radius 2 is 1.69 bits per heavy atom. The average Bonchev–Trinajstić information content (AvgIpc) is 2.09. The van der Waals surface area contributed by atoms with E-state index in [-0.39, 0.29) is 12.5 Å². The van der Waals surface area contributed by atoms with Gasteiger partial charge in [0.05, 0.1) is 6.04 Å². The Morgan fingerprint density at radius 3 is 2.06 bits per heavy atom. The van der Waals surface area contributed by atoms with Crippen LogP contribution in [0.1, 0.15) is 27.7 Å². The van der Waals surface area contributed by atoms with Crippen LogP contribution in [0.15, 0.2) is 0 Å². The number of amides is 1. The molecule has 0 aliphatic rings. The molecule has 0 radical (unpaired) electrons. The minimum absolute atomic E-state index is 0.0244. The van der Waals surface area contributed by atoms with Gasteiger partial charge in [-0.25, -0.2) is 0 Å². The van der Waals surface area contributed by atoms with Crippen LogP contribution in [0.2, 0.25) is 0 Å². The summed E-state index contributed by atoms with van der Waals surface area (Å²) in [5.74, 6) is -1.19. The Bertz CT molecular complexity index is 276. The Labute approximate surface area is 94.3 Å². The van der Waals surface area contributed by atoms with E-state index in [1.165, 1.54) is 20.8 Å². The minimum atomic E-state index is -0.555. The number of rotatable bonds is 5. The van der Waals surface area contributed by atoms with E-state index in [1.807, 2.05) is 0 Å². The molecular weight excluding hydrogens is 214 g/mol. The monoisotopic (exact) mass is 231 g/mol. The number of ether oxygens (including phenoxy) is 2. The molecule has 0 bridgehead atoms. The maximum absolute atomic E-state index is 10.9. The summed E-state index contributed by atoms with van der Waals surface area (Å²) in [6, 6.07) is -0.537. The van der Waals surface area contributed by atoms with Crippen LogP contribution in [0, 0.1) is 0 Å². The van der Waals surface area contributed by atoms with Crippen molar-refractivity contribution in [2.24, 2.45) is 0 Å². The zero-order valence-electron chi connectivity index (χ0n) is 9.90. The van der Waals surface area contributed by atoms with Crippen molar-refractivity contribution in [2.75, 3.05) is 6.61 Å². The van der Waals surface area contributed by atoms with E-state index < -0.39 is 24.1 Å². The van der Waals surface area contributed by atoms with E-state index in [9.17, 15) is 14.4 Å². The molecule has 1 N–H and O–H groups in total. The van der Waals surface area contributed by atoms with E-state index in [2.05, 4.69) is 5.32 Å². The highest BCUT2D eigenvalue weighted by atomic mass is 16.6. The van der Waals surface area contributed by atoms with Gasteiger partial charge in [-0.3, -0.25) is 14.4 Å². The van der Waals surface area contributed by atoms with Crippen molar-refractivity contribution in [3.8, 4) is 0 Å². The first-order valence-electron chi connectivity index (χ1n) is 4.90. The number of esters is 2. The quantitative estimate of drug-likeness (QED) is 0.674. The molecule has 6 nitrogen and oxygen atoms in total. The van der Waals surface area contributed by atoms with Crippen LogP contribution in [-0.2, 0) is 23.9 Å². The lowest BCUT2D eigenvalue weighted by Crippen LogP contribution is -2.46. The van der Waals surface area contributed by atoms with Crippen LogP contribution < -0.4 is 5.32 Å². The molecule has 0 saturated heterocycles. The van der Waals surface area contributed by atoms with Crippen molar-refractivity contribution in [2.45, 2.75) is 39.8 Å². The molecule has 2 atom stereocenters. The Morgan fingerprint density at radius 1 is 1.12 bits per heavy atom. The van der Waals surface area contributed by atoms with Gasteiger partial charge in [0.15, 0.2) is 0 Å². The SMILES string of the molecule is CC(=O)N[C@@H](COC(C)=O)[C@@H](C)OC(C)=O. The maximum atomic E-state index is 10.9. The molecule has 0 aromatic carbocycles. The zero-order chi connectivity index (χ0) is 12.7. The van der Waals surface area contributed by atoms with Crippen molar-refractivity contribution >= 4 is 17.8 Å². The van der Waals surface area contributed by atoms with E-state index >= 15 is 0 Å². The first kappa shape index (κ1) is 14.4. The Hall–Kier alpha value is -1.59. The van der Waals surface area contributed by atoms with Gasteiger partial charge >= 0.3 is 11.9 Å². The molecule has 0 aliphatic heterocycles. The Kier molecular flexibility index (Phi) is 6.14. The third-order valence-electron chi connectivity index (χ3n) is 1.77. The summed E-state index contributed by atoms with van der Waals surface area (Å²) in [5.41, 5.74) is 0. The number of nitrogens with one attached hydrogen (secondary N) is 1. The summed E-state index contributed by atoms with van der Waals surface area (Å²) < 4.78 is 9.66. The van der Waals surface area contributed by atoms with Crippen LogP contribution in [0.3, 0.4) is 0 Å². The zero-order valence-corrected chi connectivity index (χ0v) is 9.90. The van der Waals surface area contributed by atoms with Gasteiger partial charge in [-0.1, -0.05) is 0 Å². The van der Waals surface area contributed by atoms with Gasteiger partial charge in [0.2, 0.25) is 5.91 Å². The first-order chi connectivity index (χ1) is 7.32. The first-order valence-corrected chi connectivity index (χ1v) is 4.90. The summed E-state index contributed by atoms with van der Waals surface area (Å²) in [6.45, 7) is 5.46. The minimum Gasteiger partial charge on any atom is -0.464 e. The van der Waals surface area contributed by atoms with Crippen LogP contribution in [0.25, 0.3) is 0 Å². The molecule has 0 heterocycles. The van der Waals surface area contributed by atoms with E-state index in [1.54, 1.807) is 6.92 Å². The molecule has 0 rings (SSSR count). The lowest BCUT2D eigenvalue weighted by molar-refractivity contribution is -0.150. The number of hydrogen-bond acceptors (Lipinski definition) is 5. The van der Waals surface area contributed by atoms with Crippen molar-refractivity contribution in [3.05, 3.63) is 0 Å². The fourth-order valence-electron chi connectivity index (χ4n) is 1.11. The molecule has 0 aliphatic carbocycles. The third kappa shape index (κ3) is 6.80. The van der Waals surface area contributed by atoms with Crippen molar-refractivity contribution in [1.29, 1.82) is 0 Å². The molecule has 6 heteroatoms. The second-order valence-corrected chi connectivity index (χ2v) is 3.42. The lowest BCUT2D eigenvalue weighted by Gasteiger charge is -2.23. The third-order valence-corrected chi connectivity index (χ3v) is 1.77. The number of carbonyl (C=O) groups is 3. The van der Waals surface area contributed by atoms with Crippen molar-refractivity contribution in [3.63, 3.8) is 0 Å². The fourth-order valence-corrected chi connectivity index (χ4v) is 1.11. The summed E-state index contributed by atoms with van der Waals surface area (Å²) in [6.07, 6.45) is -0.555. The molecule has 0 aromatic heterocycles. The normalized spacial score (nSPS) is 13.5. The number of carbonyl (C=O) groups excluding carboxylic acids is 3. The lowest BCUT2D eigenvalue weighted by atomic mass is 10.2. The van der Waals surface area contributed by atoms with Gasteiger partial charge in [-0.05, 0) is 6.92 Å². The Balaban J connectivity index is 4.33. The topological polar surface area (TPSA) is 81.7 Å². The summed E-state index contributed by atoms with van der Waals surface area (Å²) in [7, 11) is 0. The van der Waals surface area contributed by atoms with Gasteiger partial charge in [-0.2, -0.15) is 0 Å². The highest BCUT2D eigenvalue weighted by Gasteiger charge is 2.21. The maximum Gasteiger partial charge on any atom is 0.302 e. The molecule has 1 amide bonds. The van der Waals surface area contributed by atoms with E-state index in [0.29, 0.717) is 0 Å². The smallest absolute Gasteiger partial charge is 0.302 e. The second-order valence-electron chi connectivity index (χ2n) is 3.42. The highest BCUT2D eigenvalue weighted by Crippen LogP contribution is 2.01. The standard InChI is InChI=1S/C10H17NO5/c1-6(16-9(4)14)10(11-7(2)12)5-15-8(3)13/h6,10H,5H2,1-4H3,(H,11,12)/t6-,10+/m1/s1. The molecule has 0 saturated carbocycles. The van der Waals surface area contributed by atoms with E-state index in [4.69, 9.17) is 9.47 Å². The van der Waals surface area contributed by atoms with Gasteiger partial charge in [-0.15, -0.1) is 0 Å². The molecule has 92 valence electrons.